The Morgan fingerprint density at radius 3 is 2.41 bits per heavy atom. The predicted molar refractivity (Wildman–Crippen MR) is 134 cm³/mol. The van der Waals surface area contributed by atoms with Gasteiger partial charge in [0.05, 0.1) is 17.3 Å². The fraction of sp³-hybridized carbons (Fsp3) is 0.250. The molecule has 0 aliphatic rings. The third-order valence-electron chi connectivity index (χ3n) is 4.18. The zero-order valence-corrected chi connectivity index (χ0v) is 20.8. The van der Waals surface area contributed by atoms with Crippen LogP contribution in [0.3, 0.4) is 0 Å². The second-order valence-electron chi connectivity index (χ2n) is 7.17. The lowest BCUT2D eigenvalue weighted by Gasteiger charge is -2.15. The van der Waals surface area contributed by atoms with Crippen molar-refractivity contribution < 1.29 is 23.9 Å². The highest BCUT2D eigenvalue weighted by Crippen LogP contribution is 2.36. The molecule has 0 atom stereocenters. The molecule has 0 bridgehead atoms. The van der Waals surface area contributed by atoms with E-state index >= 15 is 0 Å². The monoisotopic (exact) mass is 530 g/mol. The fourth-order valence-electron chi connectivity index (χ4n) is 2.91. The SMILES string of the molecule is C=CCNC(=O)C(=O)N/N=C\c1cc(Br)c(OCC(=O)Nc2cc(C)cc(C)c2)c(OCC)c1. The Kier molecular flexibility index (Phi) is 10.3. The predicted octanol–water partition coefficient (Wildman–Crippen LogP) is 3.23. The number of carbonyl (C=O) groups excluding carboxylic acids is 3. The van der Waals surface area contributed by atoms with Crippen molar-refractivity contribution in [3.8, 4) is 11.5 Å². The second-order valence-corrected chi connectivity index (χ2v) is 8.03. The third-order valence-corrected chi connectivity index (χ3v) is 4.77. The summed E-state index contributed by atoms with van der Waals surface area (Å²) in [6.45, 7) is 9.49. The number of anilines is 1. The van der Waals surface area contributed by atoms with Crippen LogP contribution in [0.4, 0.5) is 5.69 Å². The van der Waals surface area contributed by atoms with E-state index in [1.807, 2.05) is 39.0 Å². The van der Waals surface area contributed by atoms with E-state index in [0.29, 0.717) is 33.8 Å². The molecule has 0 aliphatic heterocycles. The summed E-state index contributed by atoms with van der Waals surface area (Å²) in [6, 6.07) is 9.09. The van der Waals surface area contributed by atoms with E-state index in [2.05, 4.69) is 43.7 Å². The quantitative estimate of drug-likeness (QED) is 0.188. The smallest absolute Gasteiger partial charge is 0.329 e. The van der Waals surface area contributed by atoms with E-state index in [0.717, 1.165) is 11.1 Å². The summed E-state index contributed by atoms with van der Waals surface area (Å²) in [5, 5.41) is 8.95. The van der Waals surface area contributed by atoms with Crippen LogP contribution in [0.15, 0.2) is 52.6 Å². The first-order chi connectivity index (χ1) is 16.2. The van der Waals surface area contributed by atoms with E-state index in [1.165, 1.54) is 12.3 Å². The molecule has 34 heavy (non-hydrogen) atoms. The van der Waals surface area contributed by atoms with Crippen LogP contribution in [0.2, 0.25) is 0 Å². The van der Waals surface area contributed by atoms with Gasteiger partial charge < -0.3 is 20.1 Å². The number of nitrogens with zero attached hydrogens (tertiary/aromatic N) is 1. The van der Waals surface area contributed by atoms with Crippen molar-refractivity contribution in [3.05, 3.63) is 64.1 Å². The van der Waals surface area contributed by atoms with Crippen molar-refractivity contribution in [2.45, 2.75) is 20.8 Å². The van der Waals surface area contributed by atoms with Crippen LogP contribution in [0.25, 0.3) is 0 Å². The van der Waals surface area contributed by atoms with Crippen LogP contribution in [-0.2, 0) is 14.4 Å². The largest absolute Gasteiger partial charge is 0.490 e. The average Bonchev–Trinajstić information content (AvgIpc) is 2.76. The van der Waals surface area contributed by atoms with Crippen molar-refractivity contribution in [1.82, 2.24) is 10.7 Å². The Hall–Kier alpha value is -3.66. The molecule has 0 heterocycles. The zero-order valence-electron chi connectivity index (χ0n) is 19.2. The van der Waals surface area contributed by atoms with E-state index in [9.17, 15) is 14.4 Å². The van der Waals surface area contributed by atoms with E-state index in [1.54, 1.807) is 12.1 Å². The number of hydrogen-bond donors (Lipinski definition) is 3. The average molecular weight is 531 g/mol. The molecule has 180 valence electrons. The second kappa shape index (κ2) is 13.1. The van der Waals surface area contributed by atoms with E-state index in [-0.39, 0.29) is 19.1 Å². The Labute approximate surface area is 206 Å². The molecule has 0 aliphatic carbocycles. The van der Waals surface area contributed by atoms with Gasteiger partial charge in [0.2, 0.25) is 0 Å². The number of amides is 3. The minimum atomic E-state index is -0.906. The number of carbonyl (C=O) groups is 3. The van der Waals surface area contributed by atoms with Crippen molar-refractivity contribution in [1.29, 1.82) is 0 Å². The lowest BCUT2D eigenvalue weighted by molar-refractivity contribution is -0.139. The molecule has 2 rings (SSSR count). The molecular weight excluding hydrogens is 504 g/mol. The van der Waals surface area contributed by atoms with Gasteiger partial charge in [0.15, 0.2) is 18.1 Å². The topological polar surface area (TPSA) is 118 Å². The highest BCUT2D eigenvalue weighted by molar-refractivity contribution is 9.10. The van der Waals surface area contributed by atoms with Crippen LogP contribution in [0.1, 0.15) is 23.6 Å². The molecule has 2 aromatic rings. The van der Waals surface area contributed by atoms with Gasteiger partial charge in [-0.1, -0.05) is 12.1 Å². The molecule has 2 aromatic carbocycles. The summed E-state index contributed by atoms with van der Waals surface area (Å²) in [4.78, 5) is 35.6. The first-order valence-electron chi connectivity index (χ1n) is 10.4. The van der Waals surface area contributed by atoms with Gasteiger partial charge in [-0.15, -0.1) is 6.58 Å². The summed E-state index contributed by atoms with van der Waals surface area (Å²) in [5.41, 5.74) is 5.49. The van der Waals surface area contributed by atoms with E-state index < -0.39 is 11.8 Å². The minimum absolute atomic E-state index is 0.171. The summed E-state index contributed by atoms with van der Waals surface area (Å²) >= 11 is 3.42. The number of hydrazone groups is 1. The zero-order chi connectivity index (χ0) is 25.1. The fourth-order valence-corrected chi connectivity index (χ4v) is 3.48. The van der Waals surface area contributed by atoms with Crippen LogP contribution < -0.4 is 25.5 Å². The molecule has 0 fully saturated rings. The van der Waals surface area contributed by atoms with Gasteiger partial charge in [0.25, 0.3) is 5.91 Å². The highest BCUT2D eigenvalue weighted by atomic mass is 79.9. The van der Waals surface area contributed by atoms with Crippen LogP contribution in [0.5, 0.6) is 11.5 Å². The Balaban J connectivity index is 2.06. The molecule has 0 saturated heterocycles. The number of aryl methyl sites for hydroxylation is 2. The Morgan fingerprint density at radius 2 is 1.76 bits per heavy atom. The van der Waals surface area contributed by atoms with Crippen molar-refractivity contribution >= 4 is 45.6 Å². The van der Waals surface area contributed by atoms with Gasteiger partial charge in [-0.2, -0.15) is 5.10 Å². The van der Waals surface area contributed by atoms with Crippen LogP contribution in [-0.4, -0.2) is 43.7 Å². The van der Waals surface area contributed by atoms with E-state index in [4.69, 9.17) is 9.47 Å². The van der Waals surface area contributed by atoms with Crippen molar-refractivity contribution in [3.63, 3.8) is 0 Å². The summed E-state index contributed by atoms with van der Waals surface area (Å²) < 4.78 is 11.9. The molecule has 10 heteroatoms. The number of hydrogen-bond acceptors (Lipinski definition) is 6. The van der Waals surface area contributed by atoms with Crippen LogP contribution in [0, 0.1) is 13.8 Å². The molecule has 9 nitrogen and oxygen atoms in total. The maximum atomic E-state index is 12.4. The Bertz CT molecular complexity index is 1080. The van der Waals surface area contributed by atoms with Gasteiger partial charge in [0, 0.05) is 12.2 Å². The maximum absolute atomic E-state index is 12.4. The van der Waals surface area contributed by atoms with Gasteiger partial charge in [-0.25, -0.2) is 5.43 Å². The molecule has 3 N–H and O–H groups in total. The molecule has 3 amide bonds. The summed E-state index contributed by atoms with van der Waals surface area (Å²) in [6.07, 6.45) is 2.81. The van der Waals surface area contributed by atoms with Gasteiger partial charge >= 0.3 is 11.8 Å². The molecular formula is C24H27BrN4O5. The third kappa shape index (κ3) is 8.36. The first kappa shape index (κ1) is 26.6. The number of ether oxygens (including phenoxy) is 2. The number of nitrogens with one attached hydrogen (secondary N) is 3. The van der Waals surface area contributed by atoms with Crippen molar-refractivity contribution in [2.75, 3.05) is 25.1 Å². The lowest BCUT2D eigenvalue weighted by Crippen LogP contribution is -2.37. The lowest BCUT2D eigenvalue weighted by atomic mass is 10.1. The molecule has 0 spiro atoms. The number of halogens is 1. The minimum Gasteiger partial charge on any atom is -0.490 e. The first-order valence-corrected chi connectivity index (χ1v) is 11.2. The van der Waals surface area contributed by atoms with Gasteiger partial charge in [-0.05, 0) is 77.7 Å². The standard InChI is InChI=1S/C24H27BrN4O5/c1-5-7-26-23(31)24(32)29-27-13-17-11-19(25)22(20(12-17)33-6-2)34-14-21(30)28-18-9-15(3)8-16(4)10-18/h5,8-13H,1,6-7,14H2,2-4H3,(H,26,31)(H,28,30)(H,29,32)/b27-13-. The molecule has 0 unspecified atom stereocenters. The maximum Gasteiger partial charge on any atom is 0.329 e. The molecule has 0 radical (unpaired) electrons. The Morgan fingerprint density at radius 1 is 1.06 bits per heavy atom. The number of rotatable bonds is 10. The van der Waals surface area contributed by atoms with Crippen LogP contribution >= 0.6 is 15.9 Å². The molecule has 0 saturated carbocycles. The normalized spacial score (nSPS) is 10.5. The molecule has 0 aromatic heterocycles. The van der Waals surface area contributed by atoms with Crippen molar-refractivity contribution in [2.24, 2.45) is 5.10 Å². The number of benzene rings is 2. The highest BCUT2D eigenvalue weighted by Gasteiger charge is 2.15. The van der Waals surface area contributed by atoms with Gasteiger partial charge in [-0.3, -0.25) is 14.4 Å². The summed E-state index contributed by atoms with van der Waals surface area (Å²) in [5.74, 6) is -1.31. The summed E-state index contributed by atoms with van der Waals surface area (Å²) in [7, 11) is 0. The van der Waals surface area contributed by atoms with Gasteiger partial charge in [0.1, 0.15) is 0 Å².